The molecule has 6 aliphatic heterocycles. The second-order valence-electron chi connectivity index (χ2n) is 28.7. The lowest BCUT2D eigenvalue weighted by Crippen LogP contribution is -2.75. The number of fused-ring (bicyclic) bond motifs is 18. The maximum absolute atomic E-state index is 2.76. The van der Waals surface area contributed by atoms with Gasteiger partial charge in [0.2, 0.25) is 0 Å². The summed E-state index contributed by atoms with van der Waals surface area (Å²) in [7, 11) is 0. The number of benzene rings is 7. The first-order valence-corrected chi connectivity index (χ1v) is 27.0. The standard InChI is InChI=1S/C66H72B3N3/c1-61(2,3)37-19-25-49-43(31-37)67-44-32-38(62(4,5)6)20-26-50(44)71-52-28-22-40(64(10,11)12)34-46(52)69-48-36-42(66(16,17)18)24-30-54(48)72-53-29-23-41(65(13,14)15)35-47(53)68-45-33-39(63(7,8)9)21-27-51(45)70(49)58-55(67)59(71)57(69)60(72)56(58)68/h19-36H,1-18H3. The molecular formula is C66H72B3N3. The monoisotopic (exact) mass is 940 g/mol. The molecule has 3 nitrogen and oxygen atoms in total. The lowest BCUT2D eigenvalue weighted by molar-refractivity contribution is 0.590. The van der Waals surface area contributed by atoms with E-state index in [9.17, 15) is 0 Å². The van der Waals surface area contributed by atoms with Crippen LogP contribution in [0, 0.1) is 0 Å². The van der Waals surface area contributed by atoms with E-state index in [1.165, 1.54) is 134 Å². The Bertz CT molecular complexity index is 2980. The summed E-state index contributed by atoms with van der Waals surface area (Å²) in [5.41, 5.74) is 33.0. The first kappa shape index (κ1) is 46.0. The number of hydrogen-bond donors (Lipinski definition) is 0. The Morgan fingerprint density at radius 1 is 0.236 bits per heavy atom. The molecule has 0 radical (unpaired) electrons. The predicted octanol–water partition coefficient (Wildman–Crippen LogP) is 11.3. The van der Waals surface area contributed by atoms with Gasteiger partial charge in [-0.1, -0.05) is 197 Å². The summed E-state index contributed by atoms with van der Waals surface area (Å²) in [6.07, 6.45) is 0. The first-order chi connectivity index (χ1) is 33.5. The van der Waals surface area contributed by atoms with Crippen LogP contribution in [0.3, 0.4) is 0 Å². The molecule has 360 valence electrons. The minimum absolute atomic E-state index is 0.0174. The van der Waals surface area contributed by atoms with E-state index in [0.29, 0.717) is 0 Å². The molecule has 0 saturated heterocycles. The highest BCUT2D eigenvalue weighted by molar-refractivity contribution is 7.09. The zero-order valence-corrected chi connectivity index (χ0v) is 46.5. The van der Waals surface area contributed by atoms with E-state index in [0.717, 1.165) is 0 Å². The van der Waals surface area contributed by atoms with Crippen LogP contribution in [0.2, 0.25) is 0 Å². The Balaban J connectivity index is 1.28. The van der Waals surface area contributed by atoms with Gasteiger partial charge >= 0.3 is 0 Å². The normalized spacial score (nSPS) is 15.8. The third-order valence-electron chi connectivity index (χ3n) is 17.7. The van der Waals surface area contributed by atoms with Crippen molar-refractivity contribution in [3.05, 3.63) is 143 Å². The summed E-state index contributed by atoms with van der Waals surface area (Å²) in [6.45, 7) is 42.9. The average Bonchev–Trinajstić information content (AvgIpc) is 3.29. The summed E-state index contributed by atoms with van der Waals surface area (Å²) in [6, 6.07) is 45.3. The van der Waals surface area contributed by atoms with Crippen molar-refractivity contribution in [2.45, 2.75) is 157 Å². The van der Waals surface area contributed by atoms with Crippen LogP contribution in [0.5, 0.6) is 0 Å². The molecule has 7 aromatic carbocycles. The van der Waals surface area contributed by atoms with Crippen molar-refractivity contribution in [2.75, 3.05) is 14.7 Å². The molecule has 6 heterocycles. The van der Waals surface area contributed by atoms with Gasteiger partial charge in [-0.15, -0.1) is 0 Å². The van der Waals surface area contributed by atoms with Gasteiger partial charge < -0.3 is 14.7 Å². The number of anilines is 9. The minimum atomic E-state index is -0.0348. The van der Waals surface area contributed by atoms with Crippen molar-refractivity contribution in [2.24, 2.45) is 0 Å². The highest BCUT2D eigenvalue weighted by Crippen LogP contribution is 2.53. The summed E-state index contributed by atoms with van der Waals surface area (Å²) in [5.74, 6) is 0. The highest BCUT2D eigenvalue weighted by Gasteiger charge is 2.58. The van der Waals surface area contributed by atoms with Crippen LogP contribution in [-0.2, 0) is 32.5 Å². The first-order valence-electron chi connectivity index (χ1n) is 27.0. The van der Waals surface area contributed by atoms with Crippen molar-refractivity contribution in [3.63, 3.8) is 0 Å². The third kappa shape index (κ3) is 6.13. The fourth-order valence-electron chi connectivity index (χ4n) is 13.6. The van der Waals surface area contributed by atoms with Gasteiger partial charge in [0.1, 0.15) is 0 Å². The molecule has 0 saturated carbocycles. The molecule has 72 heavy (non-hydrogen) atoms. The van der Waals surface area contributed by atoms with Gasteiger partial charge in [0.15, 0.2) is 0 Å². The van der Waals surface area contributed by atoms with Crippen LogP contribution >= 0.6 is 0 Å². The smallest absolute Gasteiger partial charge is 0.252 e. The Morgan fingerprint density at radius 3 is 0.528 bits per heavy atom. The van der Waals surface area contributed by atoms with Crippen LogP contribution in [0.25, 0.3) is 0 Å². The summed E-state index contributed by atoms with van der Waals surface area (Å²) in [4.78, 5) is 8.28. The van der Waals surface area contributed by atoms with E-state index in [1.54, 1.807) is 0 Å². The lowest BCUT2D eigenvalue weighted by Gasteiger charge is -2.56. The topological polar surface area (TPSA) is 9.72 Å². The van der Waals surface area contributed by atoms with E-state index in [1.807, 2.05) is 0 Å². The van der Waals surface area contributed by atoms with Crippen molar-refractivity contribution in [1.82, 2.24) is 0 Å². The molecule has 0 fully saturated rings. The van der Waals surface area contributed by atoms with Gasteiger partial charge in [0.25, 0.3) is 20.1 Å². The zero-order valence-electron chi connectivity index (χ0n) is 46.5. The van der Waals surface area contributed by atoms with Crippen LogP contribution in [0.15, 0.2) is 109 Å². The van der Waals surface area contributed by atoms with E-state index < -0.39 is 0 Å². The molecule has 0 spiro atoms. The van der Waals surface area contributed by atoms with E-state index in [-0.39, 0.29) is 52.6 Å². The molecule has 0 bridgehead atoms. The second-order valence-corrected chi connectivity index (χ2v) is 28.7. The van der Waals surface area contributed by atoms with Crippen LogP contribution in [0.4, 0.5) is 51.2 Å². The van der Waals surface area contributed by atoms with Crippen LogP contribution < -0.4 is 63.9 Å². The average molecular weight is 940 g/mol. The molecular weight excluding hydrogens is 867 g/mol. The molecule has 6 aliphatic rings. The molecule has 0 aromatic heterocycles. The molecule has 6 heteroatoms. The number of rotatable bonds is 0. The Kier molecular flexibility index (Phi) is 8.96. The molecule has 13 rings (SSSR count). The van der Waals surface area contributed by atoms with Crippen molar-refractivity contribution in [3.8, 4) is 0 Å². The summed E-state index contributed by atoms with van der Waals surface area (Å²) < 4.78 is 0. The maximum Gasteiger partial charge on any atom is 0.252 e. The predicted molar refractivity (Wildman–Crippen MR) is 317 cm³/mol. The van der Waals surface area contributed by atoms with Gasteiger partial charge in [-0.3, -0.25) is 0 Å². The van der Waals surface area contributed by atoms with E-state index in [4.69, 9.17) is 0 Å². The largest absolute Gasteiger partial charge is 0.312 e. The SMILES string of the molecule is CC(C)(C)c1ccc2c(c1)B1c3cc(C(C)(C)C)ccc3N3c4ccc(C(C)(C)C)cc4B4c5cc(C(C)(C)C)ccc5N5c6ccc(C(C)(C)C)cc6B6c7cc(C(C)(C)C)ccc7N2c2c1c3c4c5c26. The Hall–Kier alpha value is -5.87. The highest BCUT2D eigenvalue weighted by atomic mass is 15.2. The van der Waals surface area contributed by atoms with Crippen LogP contribution in [-0.4, -0.2) is 20.1 Å². The van der Waals surface area contributed by atoms with Gasteiger partial charge in [-0.05, 0) is 151 Å². The third-order valence-corrected chi connectivity index (χ3v) is 17.7. The van der Waals surface area contributed by atoms with Crippen LogP contribution in [0.1, 0.15) is 158 Å². The van der Waals surface area contributed by atoms with Gasteiger partial charge in [0.05, 0.1) is 0 Å². The molecule has 0 N–H and O–H groups in total. The molecule has 0 atom stereocenters. The molecule has 7 aromatic rings. The zero-order chi connectivity index (χ0) is 51.0. The van der Waals surface area contributed by atoms with Crippen molar-refractivity contribution >= 4 is 120 Å². The Labute approximate surface area is 432 Å². The minimum Gasteiger partial charge on any atom is -0.312 e. The second kappa shape index (κ2) is 14.0. The molecule has 0 unspecified atom stereocenters. The van der Waals surface area contributed by atoms with Crippen molar-refractivity contribution < 1.29 is 0 Å². The quantitative estimate of drug-likeness (QED) is 0.140. The summed E-state index contributed by atoms with van der Waals surface area (Å²) in [5, 5.41) is 0. The van der Waals surface area contributed by atoms with Gasteiger partial charge in [0, 0.05) is 51.2 Å². The molecule has 0 aliphatic carbocycles. The van der Waals surface area contributed by atoms with E-state index in [2.05, 4.69) is 249 Å². The maximum atomic E-state index is 2.76. The summed E-state index contributed by atoms with van der Waals surface area (Å²) >= 11 is 0. The Morgan fingerprint density at radius 2 is 0.389 bits per heavy atom. The molecule has 0 amide bonds. The fourth-order valence-corrected chi connectivity index (χ4v) is 13.6. The van der Waals surface area contributed by atoms with Gasteiger partial charge in [-0.2, -0.15) is 0 Å². The fraction of sp³-hybridized carbons (Fsp3) is 0.364. The number of hydrogen-bond acceptors (Lipinski definition) is 3. The number of nitrogens with zero attached hydrogens (tertiary/aromatic N) is 3. The lowest BCUT2D eigenvalue weighted by atomic mass is 9.24. The van der Waals surface area contributed by atoms with Gasteiger partial charge in [-0.25, -0.2) is 0 Å². The van der Waals surface area contributed by atoms with E-state index >= 15 is 0 Å². The van der Waals surface area contributed by atoms with Crippen molar-refractivity contribution in [1.29, 1.82) is 0 Å².